The number of phenolic OH excluding ortho intramolecular Hbond substituents is 5. The minimum absolute atomic E-state index is 0.00825. The minimum atomic E-state index is -0.648. The molecule has 6 aromatic rings. The van der Waals surface area contributed by atoms with E-state index in [4.69, 9.17) is 13.6 Å². The molecule has 204 valence electrons. The Kier molecular flexibility index (Phi) is 5.81. The molecule has 0 saturated heterocycles. The van der Waals surface area contributed by atoms with Crippen LogP contribution in [-0.4, -0.2) is 32.6 Å². The van der Waals surface area contributed by atoms with E-state index in [0.717, 1.165) is 12.1 Å². The summed E-state index contributed by atoms with van der Waals surface area (Å²) in [6.07, 6.45) is 0. The van der Waals surface area contributed by atoms with Crippen LogP contribution in [0.1, 0.15) is 0 Å². The fourth-order valence-corrected chi connectivity index (χ4v) is 4.80. The lowest BCUT2D eigenvalue weighted by Gasteiger charge is -2.17. The van der Waals surface area contributed by atoms with E-state index >= 15 is 0 Å². The first kappa shape index (κ1) is 25.4. The van der Waals surface area contributed by atoms with E-state index in [1.54, 1.807) is 12.1 Å². The van der Waals surface area contributed by atoms with Crippen LogP contribution < -0.4 is 15.6 Å². The Morgan fingerprint density at radius 3 is 1.66 bits per heavy atom. The zero-order valence-electron chi connectivity index (χ0n) is 21.2. The number of hydrogen-bond acceptors (Lipinski definition) is 10. The van der Waals surface area contributed by atoms with Crippen molar-refractivity contribution in [2.45, 2.75) is 0 Å². The molecule has 10 nitrogen and oxygen atoms in total. The summed E-state index contributed by atoms with van der Waals surface area (Å²) in [4.78, 5) is 26.5. The topological polar surface area (TPSA) is 171 Å². The van der Waals surface area contributed by atoms with Gasteiger partial charge in [-0.25, -0.2) is 0 Å². The largest absolute Gasteiger partial charge is 0.508 e. The highest BCUT2D eigenvalue weighted by Gasteiger charge is 2.27. The van der Waals surface area contributed by atoms with Crippen LogP contribution >= 0.6 is 0 Å². The number of methoxy groups -OCH3 is 1. The van der Waals surface area contributed by atoms with Crippen LogP contribution in [-0.2, 0) is 0 Å². The summed E-state index contributed by atoms with van der Waals surface area (Å²) < 4.78 is 17.5. The molecule has 0 atom stereocenters. The van der Waals surface area contributed by atoms with Gasteiger partial charge in [0.1, 0.15) is 62.4 Å². The van der Waals surface area contributed by atoms with Gasteiger partial charge in [0.25, 0.3) is 0 Å². The highest BCUT2D eigenvalue weighted by Crippen LogP contribution is 2.50. The van der Waals surface area contributed by atoms with Crippen LogP contribution in [0.4, 0.5) is 0 Å². The summed E-state index contributed by atoms with van der Waals surface area (Å²) in [6.45, 7) is 0. The summed E-state index contributed by atoms with van der Waals surface area (Å²) in [5.74, 6) is -1.56. The van der Waals surface area contributed by atoms with Gasteiger partial charge in [0, 0.05) is 35.4 Å². The van der Waals surface area contributed by atoms with Gasteiger partial charge in [-0.1, -0.05) is 0 Å². The lowest BCUT2D eigenvalue weighted by molar-refractivity contribution is 0.412. The number of hydrogen-bond donors (Lipinski definition) is 5. The number of phenols is 5. The highest BCUT2D eigenvalue weighted by molar-refractivity contribution is 6.06. The van der Waals surface area contributed by atoms with E-state index in [0.29, 0.717) is 11.1 Å². The van der Waals surface area contributed by atoms with Crippen molar-refractivity contribution in [3.63, 3.8) is 0 Å². The minimum Gasteiger partial charge on any atom is -0.508 e. The Hall–Kier alpha value is -5.90. The van der Waals surface area contributed by atoms with Gasteiger partial charge in [-0.3, -0.25) is 9.59 Å². The molecule has 10 heteroatoms. The smallest absolute Gasteiger partial charge is 0.197 e. The predicted octanol–water partition coefficient (Wildman–Crippen LogP) is 5.44. The zero-order chi connectivity index (χ0) is 29.0. The van der Waals surface area contributed by atoms with Gasteiger partial charge in [0.05, 0.1) is 18.2 Å². The molecule has 0 aliphatic carbocycles. The molecule has 0 fully saturated rings. The molecule has 0 aliphatic rings. The predicted molar refractivity (Wildman–Crippen MR) is 150 cm³/mol. The van der Waals surface area contributed by atoms with Crippen LogP contribution in [0.3, 0.4) is 0 Å². The van der Waals surface area contributed by atoms with E-state index in [1.165, 1.54) is 55.6 Å². The summed E-state index contributed by atoms with van der Waals surface area (Å²) in [5, 5.41) is 51.6. The highest BCUT2D eigenvalue weighted by atomic mass is 16.5. The number of rotatable bonds is 4. The average molecular weight is 552 g/mol. The molecule has 0 amide bonds. The van der Waals surface area contributed by atoms with E-state index in [1.807, 2.05) is 0 Å². The second-order valence-corrected chi connectivity index (χ2v) is 9.21. The summed E-state index contributed by atoms with van der Waals surface area (Å²) in [6, 6.07) is 16.2. The fourth-order valence-electron chi connectivity index (χ4n) is 4.80. The molecule has 0 bridgehead atoms. The molecule has 0 saturated carbocycles. The Balaban J connectivity index is 1.67. The lowest BCUT2D eigenvalue weighted by Crippen LogP contribution is -2.05. The average Bonchev–Trinajstić information content (AvgIpc) is 2.93. The van der Waals surface area contributed by atoms with Crippen molar-refractivity contribution in [2.24, 2.45) is 0 Å². The van der Waals surface area contributed by atoms with Crippen molar-refractivity contribution < 1.29 is 39.1 Å². The van der Waals surface area contributed by atoms with E-state index < -0.39 is 28.1 Å². The first-order chi connectivity index (χ1) is 19.7. The van der Waals surface area contributed by atoms with Crippen LogP contribution in [0.25, 0.3) is 55.7 Å². The van der Waals surface area contributed by atoms with E-state index in [9.17, 15) is 35.1 Å². The second kappa shape index (κ2) is 9.38. The maximum atomic E-state index is 13.4. The first-order valence-corrected chi connectivity index (χ1v) is 12.2. The van der Waals surface area contributed by atoms with Gasteiger partial charge in [-0.15, -0.1) is 0 Å². The molecule has 0 unspecified atom stereocenters. The molecule has 41 heavy (non-hydrogen) atoms. The zero-order valence-corrected chi connectivity index (χ0v) is 21.2. The van der Waals surface area contributed by atoms with Crippen molar-refractivity contribution in [3.8, 4) is 68.3 Å². The van der Waals surface area contributed by atoms with Gasteiger partial charge < -0.3 is 39.1 Å². The Morgan fingerprint density at radius 2 is 1.10 bits per heavy atom. The number of ether oxygens (including phenoxy) is 1. The van der Waals surface area contributed by atoms with Crippen LogP contribution in [0, 0.1) is 0 Å². The SMILES string of the molecule is COc1c(-c2c(O)cc(O)c3c(=O)cc(-c4ccc(O)cc4)oc23)c(O)cc2oc(-c3ccc(O)cc3)cc(=O)c12. The molecular formula is C31H20O10. The fraction of sp³-hybridized carbons (Fsp3) is 0.0323. The monoisotopic (exact) mass is 552 g/mol. The third-order valence-electron chi connectivity index (χ3n) is 6.67. The van der Waals surface area contributed by atoms with Crippen molar-refractivity contribution in [1.29, 1.82) is 0 Å². The number of benzene rings is 4. The molecule has 6 rings (SSSR count). The van der Waals surface area contributed by atoms with Crippen molar-refractivity contribution >= 4 is 21.9 Å². The molecule has 0 radical (unpaired) electrons. The Bertz CT molecular complexity index is 2100. The molecule has 0 spiro atoms. The molecule has 2 aromatic heterocycles. The third kappa shape index (κ3) is 4.14. The maximum Gasteiger partial charge on any atom is 0.197 e. The number of aromatic hydroxyl groups is 5. The normalized spacial score (nSPS) is 11.2. The van der Waals surface area contributed by atoms with Crippen LogP contribution in [0.2, 0.25) is 0 Å². The number of fused-ring (bicyclic) bond motifs is 2. The van der Waals surface area contributed by atoms with Gasteiger partial charge in [0.2, 0.25) is 0 Å². The molecule has 0 aliphatic heterocycles. The Morgan fingerprint density at radius 1 is 0.585 bits per heavy atom. The van der Waals surface area contributed by atoms with Gasteiger partial charge in [-0.05, 0) is 48.5 Å². The van der Waals surface area contributed by atoms with Crippen molar-refractivity contribution in [1.82, 2.24) is 0 Å². The summed E-state index contributed by atoms with van der Waals surface area (Å²) in [5.41, 5.74) is -0.995. The summed E-state index contributed by atoms with van der Waals surface area (Å²) in [7, 11) is 1.25. The second-order valence-electron chi connectivity index (χ2n) is 9.21. The van der Waals surface area contributed by atoms with Crippen molar-refractivity contribution in [3.05, 3.63) is 93.2 Å². The van der Waals surface area contributed by atoms with E-state index in [2.05, 4.69) is 0 Å². The first-order valence-electron chi connectivity index (χ1n) is 12.2. The van der Waals surface area contributed by atoms with Crippen LogP contribution in [0.5, 0.6) is 34.5 Å². The Labute approximate surface area is 229 Å². The molecule has 4 aromatic carbocycles. The van der Waals surface area contributed by atoms with Gasteiger partial charge in [-0.2, -0.15) is 0 Å². The van der Waals surface area contributed by atoms with Crippen molar-refractivity contribution in [2.75, 3.05) is 7.11 Å². The molecular weight excluding hydrogens is 532 g/mol. The lowest BCUT2D eigenvalue weighted by atomic mass is 9.96. The van der Waals surface area contributed by atoms with Crippen LogP contribution in [0.15, 0.2) is 91.2 Å². The summed E-state index contributed by atoms with van der Waals surface area (Å²) >= 11 is 0. The quantitative estimate of drug-likeness (QED) is 0.190. The van der Waals surface area contributed by atoms with E-state index in [-0.39, 0.29) is 61.8 Å². The molecule has 5 N–H and O–H groups in total. The third-order valence-corrected chi connectivity index (χ3v) is 6.67. The standard InChI is InChI=1S/C31H20O10/c1-39-30-27-21(37)12-23(14-2-6-16(32)7-3-14)40-25(27)13-22(38)28(30)29-19(35)10-18(34)26-20(36)11-24(41-31(26)29)15-4-8-17(33)9-5-15/h2-13,32-35,38H,1H3. The van der Waals surface area contributed by atoms with Gasteiger partial charge in [0.15, 0.2) is 16.4 Å². The maximum absolute atomic E-state index is 13.4. The van der Waals surface area contributed by atoms with Gasteiger partial charge >= 0.3 is 0 Å². The molecule has 2 heterocycles.